The smallest absolute Gasteiger partial charge is 0.264 e. The van der Waals surface area contributed by atoms with Crippen molar-refractivity contribution in [2.24, 2.45) is 0 Å². The first-order valence-electron chi connectivity index (χ1n) is 10.3. The molecule has 168 valence electrons. The second-order valence-corrected chi connectivity index (χ2v) is 10.3. The summed E-state index contributed by atoms with van der Waals surface area (Å²) in [5, 5.41) is 3.31. The van der Waals surface area contributed by atoms with Crippen LogP contribution < -0.4 is 9.62 Å². The van der Waals surface area contributed by atoms with E-state index in [-0.39, 0.29) is 11.4 Å². The molecule has 7 heteroatoms. The first-order valence-corrected chi connectivity index (χ1v) is 12.2. The summed E-state index contributed by atoms with van der Waals surface area (Å²) >= 11 is 6.15. The molecular weight excluding hydrogens is 444 g/mol. The molecule has 3 aromatic carbocycles. The second kappa shape index (κ2) is 9.76. The van der Waals surface area contributed by atoms with E-state index in [1.807, 2.05) is 19.1 Å². The van der Waals surface area contributed by atoms with Crippen molar-refractivity contribution >= 4 is 38.9 Å². The van der Waals surface area contributed by atoms with Crippen molar-refractivity contribution in [2.45, 2.75) is 38.5 Å². The predicted molar refractivity (Wildman–Crippen MR) is 131 cm³/mol. The number of aryl methyl sites for hydroxylation is 1. The zero-order valence-electron chi connectivity index (χ0n) is 18.6. The van der Waals surface area contributed by atoms with Crippen LogP contribution >= 0.6 is 11.6 Å². The number of amides is 1. The molecule has 0 unspecified atom stereocenters. The molecule has 1 amide bonds. The molecule has 0 radical (unpaired) electrons. The third-order valence-corrected chi connectivity index (χ3v) is 7.48. The SMILES string of the molecule is Cc1ccc(S(=O)(=O)N(CC(=O)Nc2cccc(Cl)c2C)c2ccc(C(C)C)cc2)cc1. The van der Waals surface area contributed by atoms with Gasteiger partial charge in [-0.25, -0.2) is 8.42 Å². The molecule has 0 aliphatic heterocycles. The van der Waals surface area contributed by atoms with Crippen LogP contribution in [0, 0.1) is 13.8 Å². The third-order valence-electron chi connectivity index (χ3n) is 5.29. The Hall–Kier alpha value is -2.83. The molecule has 3 aromatic rings. The maximum absolute atomic E-state index is 13.5. The van der Waals surface area contributed by atoms with Gasteiger partial charge >= 0.3 is 0 Å². The molecule has 5 nitrogen and oxygen atoms in total. The van der Waals surface area contributed by atoms with Crippen molar-refractivity contribution in [2.75, 3.05) is 16.2 Å². The quantitative estimate of drug-likeness (QED) is 0.466. The molecule has 0 aliphatic carbocycles. The summed E-state index contributed by atoms with van der Waals surface area (Å²) in [6, 6.07) is 19.0. The average molecular weight is 471 g/mol. The Morgan fingerprint density at radius 2 is 1.59 bits per heavy atom. The number of nitrogens with one attached hydrogen (secondary N) is 1. The molecular formula is C25H27ClN2O3S. The van der Waals surface area contributed by atoms with Gasteiger partial charge in [0, 0.05) is 10.7 Å². The Morgan fingerprint density at radius 1 is 0.969 bits per heavy atom. The van der Waals surface area contributed by atoms with Gasteiger partial charge in [-0.1, -0.05) is 61.3 Å². The number of carbonyl (C=O) groups is 1. The van der Waals surface area contributed by atoms with Gasteiger partial charge in [0.15, 0.2) is 0 Å². The fraction of sp³-hybridized carbons (Fsp3) is 0.240. The van der Waals surface area contributed by atoms with Gasteiger partial charge in [0.1, 0.15) is 6.54 Å². The van der Waals surface area contributed by atoms with E-state index < -0.39 is 15.9 Å². The summed E-state index contributed by atoms with van der Waals surface area (Å²) < 4.78 is 28.1. The van der Waals surface area contributed by atoms with Crippen LogP contribution in [0.25, 0.3) is 0 Å². The summed E-state index contributed by atoms with van der Waals surface area (Å²) in [6.07, 6.45) is 0. The van der Waals surface area contributed by atoms with Crippen LogP contribution in [0.3, 0.4) is 0 Å². The van der Waals surface area contributed by atoms with Crippen molar-refractivity contribution in [1.82, 2.24) is 0 Å². The molecule has 0 spiro atoms. The van der Waals surface area contributed by atoms with Crippen molar-refractivity contribution in [3.63, 3.8) is 0 Å². The van der Waals surface area contributed by atoms with E-state index in [0.717, 1.165) is 21.0 Å². The van der Waals surface area contributed by atoms with Crippen molar-refractivity contribution in [3.05, 3.63) is 88.4 Å². The normalized spacial score (nSPS) is 11.4. The lowest BCUT2D eigenvalue weighted by molar-refractivity contribution is -0.114. The van der Waals surface area contributed by atoms with Crippen LogP contribution in [0.1, 0.15) is 36.5 Å². The van der Waals surface area contributed by atoms with Gasteiger partial charge in [-0.05, 0) is 67.3 Å². The van der Waals surface area contributed by atoms with Crippen LogP contribution in [0.4, 0.5) is 11.4 Å². The first-order chi connectivity index (χ1) is 15.1. The summed E-state index contributed by atoms with van der Waals surface area (Å²) in [5.41, 5.74) is 3.72. The van der Waals surface area contributed by atoms with E-state index >= 15 is 0 Å². The molecule has 3 rings (SSSR count). The van der Waals surface area contributed by atoms with Gasteiger partial charge in [-0.3, -0.25) is 9.10 Å². The lowest BCUT2D eigenvalue weighted by atomic mass is 10.0. The number of anilines is 2. The molecule has 0 bridgehead atoms. The van der Waals surface area contributed by atoms with E-state index in [2.05, 4.69) is 19.2 Å². The molecule has 0 atom stereocenters. The van der Waals surface area contributed by atoms with Gasteiger partial charge in [-0.15, -0.1) is 0 Å². The Morgan fingerprint density at radius 3 is 2.19 bits per heavy atom. The van der Waals surface area contributed by atoms with Crippen LogP contribution in [0.2, 0.25) is 5.02 Å². The summed E-state index contributed by atoms with van der Waals surface area (Å²) in [5.74, 6) is -0.153. The largest absolute Gasteiger partial charge is 0.324 e. The van der Waals surface area contributed by atoms with E-state index in [4.69, 9.17) is 11.6 Å². The first kappa shape index (κ1) is 23.8. The summed E-state index contributed by atoms with van der Waals surface area (Å²) in [4.78, 5) is 13.0. The number of hydrogen-bond donors (Lipinski definition) is 1. The fourth-order valence-electron chi connectivity index (χ4n) is 3.24. The van der Waals surface area contributed by atoms with Crippen molar-refractivity contribution in [3.8, 4) is 0 Å². The number of carbonyl (C=O) groups excluding carboxylic acids is 1. The van der Waals surface area contributed by atoms with Crippen molar-refractivity contribution < 1.29 is 13.2 Å². The minimum Gasteiger partial charge on any atom is -0.324 e. The second-order valence-electron chi connectivity index (χ2n) is 8.03. The van der Waals surface area contributed by atoms with Gasteiger partial charge < -0.3 is 5.32 Å². The lowest BCUT2D eigenvalue weighted by Crippen LogP contribution is -2.38. The number of sulfonamides is 1. The maximum atomic E-state index is 13.5. The number of hydrogen-bond acceptors (Lipinski definition) is 3. The van der Waals surface area contributed by atoms with E-state index in [0.29, 0.717) is 22.3 Å². The summed E-state index contributed by atoms with van der Waals surface area (Å²) in [7, 11) is -3.96. The highest BCUT2D eigenvalue weighted by molar-refractivity contribution is 7.92. The Labute approximate surface area is 195 Å². The monoisotopic (exact) mass is 470 g/mol. The molecule has 0 saturated heterocycles. The van der Waals surface area contributed by atoms with Crippen LogP contribution in [0.15, 0.2) is 71.6 Å². The number of halogens is 1. The summed E-state index contributed by atoms with van der Waals surface area (Å²) in [6.45, 7) is 7.44. The number of nitrogens with zero attached hydrogens (tertiary/aromatic N) is 1. The number of benzene rings is 3. The van der Waals surface area contributed by atoms with Gasteiger partial charge in [-0.2, -0.15) is 0 Å². The fourth-order valence-corrected chi connectivity index (χ4v) is 4.84. The average Bonchev–Trinajstić information content (AvgIpc) is 2.75. The third kappa shape index (κ3) is 5.31. The van der Waals surface area contributed by atoms with Gasteiger partial charge in [0.05, 0.1) is 10.6 Å². The highest BCUT2D eigenvalue weighted by atomic mass is 35.5. The van der Waals surface area contributed by atoms with E-state index in [9.17, 15) is 13.2 Å². The van der Waals surface area contributed by atoms with Crippen LogP contribution in [-0.2, 0) is 14.8 Å². The molecule has 0 heterocycles. The van der Waals surface area contributed by atoms with Gasteiger partial charge in [0.2, 0.25) is 5.91 Å². The molecule has 1 N–H and O–H groups in total. The minimum atomic E-state index is -3.96. The zero-order valence-corrected chi connectivity index (χ0v) is 20.2. The Bertz CT molecular complexity index is 1200. The minimum absolute atomic E-state index is 0.128. The maximum Gasteiger partial charge on any atom is 0.264 e. The standard InChI is InChI=1S/C25H27ClN2O3S/c1-17(2)20-10-12-21(13-11-20)28(32(30,31)22-14-8-18(3)9-15-22)16-25(29)27-24-7-5-6-23(26)19(24)4/h5-15,17H,16H2,1-4H3,(H,27,29). The lowest BCUT2D eigenvalue weighted by Gasteiger charge is -2.25. The predicted octanol–water partition coefficient (Wildman–Crippen LogP) is 5.91. The zero-order chi connectivity index (χ0) is 23.5. The molecule has 0 aromatic heterocycles. The Kier molecular flexibility index (Phi) is 7.26. The van der Waals surface area contributed by atoms with E-state index in [1.165, 1.54) is 0 Å². The van der Waals surface area contributed by atoms with Crippen molar-refractivity contribution in [1.29, 1.82) is 0 Å². The van der Waals surface area contributed by atoms with E-state index in [1.54, 1.807) is 61.5 Å². The highest BCUT2D eigenvalue weighted by Gasteiger charge is 2.27. The molecule has 32 heavy (non-hydrogen) atoms. The van der Waals surface area contributed by atoms with Crippen LogP contribution in [-0.4, -0.2) is 20.9 Å². The molecule has 0 saturated carbocycles. The highest BCUT2D eigenvalue weighted by Crippen LogP contribution is 2.27. The molecule has 0 aliphatic rings. The Balaban J connectivity index is 1.97. The topological polar surface area (TPSA) is 66.5 Å². The van der Waals surface area contributed by atoms with Crippen LogP contribution in [0.5, 0.6) is 0 Å². The number of rotatable bonds is 7. The van der Waals surface area contributed by atoms with Gasteiger partial charge in [0.25, 0.3) is 10.0 Å². The molecule has 0 fully saturated rings.